The molecule has 0 aliphatic carbocycles. The van der Waals surface area contributed by atoms with Gasteiger partial charge in [0.05, 0.1) is 12.6 Å². The Morgan fingerprint density at radius 3 is 2.85 bits per heavy atom. The molecule has 172 valence electrons. The first-order valence-electron chi connectivity index (χ1n) is 10.8. The normalized spacial score (nSPS) is 13.9. The van der Waals surface area contributed by atoms with Crippen molar-refractivity contribution in [3.63, 3.8) is 0 Å². The van der Waals surface area contributed by atoms with Gasteiger partial charge in [0.15, 0.2) is 0 Å². The van der Waals surface area contributed by atoms with Gasteiger partial charge in [0.2, 0.25) is 11.8 Å². The fourth-order valence-corrected chi connectivity index (χ4v) is 3.73. The number of carbonyl (C=O) groups excluding carboxylic acids is 1. The number of nitrogens with one attached hydrogen (secondary N) is 1. The van der Waals surface area contributed by atoms with Gasteiger partial charge < -0.3 is 15.3 Å². The highest BCUT2D eigenvalue weighted by molar-refractivity contribution is 6.02. The first-order chi connectivity index (χ1) is 16.6. The Bertz CT molecular complexity index is 1310. The molecule has 12 heteroatoms. The number of carbonyl (C=O) groups is 1. The Morgan fingerprint density at radius 2 is 2.03 bits per heavy atom. The van der Waals surface area contributed by atoms with Crippen molar-refractivity contribution in [2.24, 2.45) is 0 Å². The van der Waals surface area contributed by atoms with Gasteiger partial charge in [0.25, 0.3) is 5.91 Å². The van der Waals surface area contributed by atoms with Crippen LogP contribution in [-0.4, -0.2) is 64.3 Å². The minimum atomic E-state index is -0.371. The third-order valence-corrected chi connectivity index (χ3v) is 5.56. The van der Waals surface area contributed by atoms with E-state index in [-0.39, 0.29) is 18.6 Å². The number of tetrazole rings is 1. The van der Waals surface area contributed by atoms with Crippen LogP contribution in [0.2, 0.25) is 0 Å². The molecule has 0 bridgehead atoms. The van der Waals surface area contributed by atoms with E-state index in [4.69, 9.17) is 0 Å². The van der Waals surface area contributed by atoms with Crippen LogP contribution in [0.1, 0.15) is 34.6 Å². The number of aliphatic hydroxyl groups is 1. The predicted molar refractivity (Wildman–Crippen MR) is 122 cm³/mol. The van der Waals surface area contributed by atoms with E-state index in [0.29, 0.717) is 35.5 Å². The second kappa shape index (κ2) is 9.27. The molecular formula is C22H22N10O2. The van der Waals surface area contributed by atoms with Gasteiger partial charge in [0.1, 0.15) is 17.2 Å². The number of aromatic nitrogens is 8. The number of aliphatic hydroxyl groups excluding tert-OH is 1. The fourth-order valence-electron chi connectivity index (χ4n) is 3.73. The number of anilines is 2. The maximum atomic E-state index is 12.9. The molecule has 5 heterocycles. The average molecular weight is 458 g/mol. The molecule has 0 fully saturated rings. The van der Waals surface area contributed by atoms with Crippen LogP contribution in [-0.2, 0) is 13.0 Å². The molecule has 0 saturated heterocycles. The Balaban J connectivity index is 1.34. The van der Waals surface area contributed by atoms with Crippen LogP contribution in [0, 0.1) is 0 Å². The quantitative estimate of drug-likeness (QED) is 0.433. The van der Waals surface area contributed by atoms with Crippen molar-refractivity contribution in [1.29, 1.82) is 0 Å². The number of rotatable bonds is 6. The van der Waals surface area contributed by atoms with Gasteiger partial charge in [-0.25, -0.2) is 19.6 Å². The Kier molecular flexibility index (Phi) is 5.87. The number of fused-ring (bicyclic) bond motifs is 1. The van der Waals surface area contributed by atoms with Gasteiger partial charge in [0, 0.05) is 31.7 Å². The van der Waals surface area contributed by atoms with Crippen molar-refractivity contribution >= 4 is 17.7 Å². The monoisotopic (exact) mass is 458 g/mol. The van der Waals surface area contributed by atoms with E-state index < -0.39 is 0 Å². The van der Waals surface area contributed by atoms with E-state index in [2.05, 4.69) is 45.7 Å². The zero-order valence-electron chi connectivity index (χ0n) is 18.4. The Hall–Kier alpha value is -4.32. The highest BCUT2D eigenvalue weighted by Gasteiger charge is 2.21. The summed E-state index contributed by atoms with van der Waals surface area (Å²) in [6, 6.07) is 8.43. The zero-order valence-corrected chi connectivity index (χ0v) is 18.4. The summed E-state index contributed by atoms with van der Waals surface area (Å²) in [5.41, 5.74) is 2.88. The van der Waals surface area contributed by atoms with Crippen molar-refractivity contribution in [3.05, 3.63) is 65.7 Å². The second-order valence-electron chi connectivity index (χ2n) is 7.90. The van der Waals surface area contributed by atoms with Crippen LogP contribution in [0.3, 0.4) is 0 Å². The number of nitrogens with zero attached hydrogens (tertiary/aromatic N) is 9. The minimum Gasteiger partial charge on any atom is -0.394 e. The summed E-state index contributed by atoms with van der Waals surface area (Å²) in [4.78, 5) is 32.5. The average Bonchev–Trinajstić information content (AvgIpc) is 3.38. The smallest absolute Gasteiger partial charge is 0.275 e. The summed E-state index contributed by atoms with van der Waals surface area (Å²) >= 11 is 0. The topological polar surface area (TPSA) is 148 Å². The zero-order chi connectivity index (χ0) is 23.5. The van der Waals surface area contributed by atoms with Crippen LogP contribution in [0.25, 0.3) is 11.5 Å². The van der Waals surface area contributed by atoms with E-state index >= 15 is 0 Å². The van der Waals surface area contributed by atoms with Crippen molar-refractivity contribution in [2.45, 2.75) is 25.9 Å². The van der Waals surface area contributed by atoms with Gasteiger partial charge in [-0.15, -0.1) is 5.10 Å². The molecular weight excluding hydrogens is 436 g/mol. The third-order valence-electron chi connectivity index (χ3n) is 5.56. The van der Waals surface area contributed by atoms with Crippen LogP contribution in [0.4, 0.5) is 11.8 Å². The molecule has 2 N–H and O–H groups in total. The molecule has 1 atom stereocenters. The van der Waals surface area contributed by atoms with Crippen molar-refractivity contribution < 1.29 is 9.90 Å². The molecule has 5 rings (SSSR count). The number of hydrogen-bond acceptors (Lipinski definition) is 10. The van der Waals surface area contributed by atoms with Gasteiger partial charge >= 0.3 is 0 Å². The molecule has 1 amide bonds. The van der Waals surface area contributed by atoms with Crippen molar-refractivity contribution in [1.82, 2.24) is 40.1 Å². The summed E-state index contributed by atoms with van der Waals surface area (Å²) < 4.78 is 1.49. The molecule has 4 aromatic heterocycles. The van der Waals surface area contributed by atoms with Crippen LogP contribution in [0.5, 0.6) is 0 Å². The molecule has 0 unspecified atom stereocenters. The molecule has 0 aromatic carbocycles. The fraction of sp³-hybridized carbons (Fsp3) is 0.273. The summed E-state index contributed by atoms with van der Waals surface area (Å²) in [6.45, 7) is 3.06. The van der Waals surface area contributed by atoms with Gasteiger partial charge in [-0.05, 0) is 59.2 Å². The lowest BCUT2D eigenvalue weighted by Crippen LogP contribution is -2.32. The first kappa shape index (κ1) is 21.5. The van der Waals surface area contributed by atoms with Crippen LogP contribution < -0.4 is 10.2 Å². The molecule has 0 spiro atoms. The highest BCUT2D eigenvalue weighted by atomic mass is 16.3. The lowest BCUT2D eigenvalue weighted by Gasteiger charge is -2.28. The SMILES string of the molecule is C[C@H](CO)n1nnnc1-c1cccc(NC(=O)c2cc3c(cn2)CCN(c2ncccn2)C3)n1. The molecule has 12 nitrogen and oxygen atoms in total. The van der Waals surface area contributed by atoms with Crippen molar-refractivity contribution in [3.8, 4) is 11.5 Å². The summed E-state index contributed by atoms with van der Waals surface area (Å²) in [5.74, 6) is 1.03. The summed E-state index contributed by atoms with van der Waals surface area (Å²) in [6.07, 6.45) is 5.98. The highest BCUT2D eigenvalue weighted by Crippen LogP contribution is 2.23. The number of hydrogen-bond donors (Lipinski definition) is 2. The van der Waals surface area contributed by atoms with E-state index in [1.807, 2.05) is 0 Å². The van der Waals surface area contributed by atoms with Gasteiger partial charge in [-0.1, -0.05) is 6.07 Å². The van der Waals surface area contributed by atoms with E-state index in [0.717, 1.165) is 24.1 Å². The third kappa shape index (κ3) is 4.30. The van der Waals surface area contributed by atoms with Crippen LogP contribution >= 0.6 is 0 Å². The summed E-state index contributed by atoms with van der Waals surface area (Å²) in [5, 5.41) is 23.8. The van der Waals surface area contributed by atoms with Crippen molar-refractivity contribution in [2.75, 3.05) is 23.4 Å². The van der Waals surface area contributed by atoms with E-state index in [9.17, 15) is 9.90 Å². The Labute approximate surface area is 194 Å². The molecule has 1 aliphatic heterocycles. The number of amides is 1. The predicted octanol–water partition coefficient (Wildman–Crippen LogP) is 1.29. The maximum Gasteiger partial charge on any atom is 0.275 e. The first-order valence-corrected chi connectivity index (χ1v) is 10.8. The number of pyridine rings is 2. The lowest BCUT2D eigenvalue weighted by atomic mass is 10.0. The van der Waals surface area contributed by atoms with Gasteiger partial charge in [-0.3, -0.25) is 9.78 Å². The molecule has 0 radical (unpaired) electrons. The molecule has 34 heavy (non-hydrogen) atoms. The minimum absolute atomic E-state index is 0.119. The summed E-state index contributed by atoms with van der Waals surface area (Å²) in [7, 11) is 0. The standard InChI is InChI=1S/C22H22N10O2/c1-14(13-33)32-20(28-29-30-32)17-4-2-5-19(26-17)27-21(34)18-10-16-12-31(9-6-15(16)11-25-18)22-23-7-3-8-24-22/h2-5,7-8,10-11,14,33H,6,9,12-13H2,1H3,(H,26,27,34)/t14-/m1/s1. The van der Waals surface area contributed by atoms with Gasteiger partial charge in [-0.2, -0.15) is 0 Å². The van der Waals surface area contributed by atoms with Crippen LogP contribution in [0.15, 0.2) is 48.9 Å². The largest absolute Gasteiger partial charge is 0.394 e. The Morgan fingerprint density at radius 1 is 1.18 bits per heavy atom. The second-order valence-corrected chi connectivity index (χ2v) is 7.90. The lowest BCUT2D eigenvalue weighted by molar-refractivity contribution is 0.102. The molecule has 1 aliphatic rings. The van der Waals surface area contributed by atoms with E-state index in [1.54, 1.807) is 55.8 Å². The molecule has 0 saturated carbocycles. The maximum absolute atomic E-state index is 12.9. The molecule has 4 aromatic rings. The van der Waals surface area contributed by atoms with E-state index in [1.165, 1.54) is 4.68 Å².